The highest BCUT2D eigenvalue weighted by Crippen LogP contribution is 2.26. The van der Waals surface area contributed by atoms with E-state index >= 15 is 0 Å². The first-order valence-corrected chi connectivity index (χ1v) is 7.88. The number of nitrogen functional groups attached to an aromatic ring is 1. The van der Waals surface area contributed by atoms with Crippen molar-refractivity contribution in [3.8, 4) is 0 Å². The lowest BCUT2D eigenvalue weighted by Gasteiger charge is -2.34. The Morgan fingerprint density at radius 1 is 1.42 bits per heavy atom. The molecule has 0 radical (unpaired) electrons. The minimum atomic E-state index is -3.50. The summed E-state index contributed by atoms with van der Waals surface area (Å²) in [5, 5.41) is 0. The molecule has 0 heterocycles. The summed E-state index contributed by atoms with van der Waals surface area (Å²) in [6.45, 7) is 1.93. The summed E-state index contributed by atoms with van der Waals surface area (Å²) in [7, 11) is -1.86. The van der Waals surface area contributed by atoms with Gasteiger partial charge in [0.1, 0.15) is 0 Å². The Morgan fingerprint density at radius 3 is 2.68 bits per heavy atom. The topological polar surface area (TPSA) is 81.4 Å². The Balaban J connectivity index is 2.18. The van der Waals surface area contributed by atoms with Crippen molar-refractivity contribution in [3.05, 3.63) is 23.8 Å². The van der Waals surface area contributed by atoms with E-state index < -0.39 is 10.0 Å². The fourth-order valence-corrected chi connectivity index (χ4v) is 3.86. The van der Waals surface area contributed by atoms with Crippen LogP contribution in [0, 0.1) is 0 Å². The highest BCUT2D eigenvalue weighted by molar-refractivity contribution is 7.89. The quantitative estimate of drug-likeness (QED) is 0.798. The van der Waals surface area contributed by atoms with Crippen molar-refractivity contribution < 1.29 is 13.2 Å². The minimum absolute atomic E-state index is 0.0407. The molecular weight excluding hydrogens is 264 g/mol. The molecule has 6 heteroatoms. The van der Waals surface area contributed by atoms with Gasteiger partial charge in [-0.1, -0.05) is 13.0 Å². The third kappa shape index (κ3) is 3.08. The molecule has 0 atom stereocenters. The second-order valence-corrected chi connectivity index (χ2v) is 6.55. The van der Waals surface area contributed by atoms with E-state index in [-0.39, 0.29) is 17.0 Å². The highest BCUT2D eigenvalue weighted by atomic mass is 32.2. The molecule has 1 aromatic rings. The summed E-state index contributed by atoms with van der Waals surface area (Å²) in [5.41, 5.74) is 6.93. The van der Waals surface area contributed by atoms with E-state index in [9.17, 15) is 8.42 Å². The van der Waals surface area contributed by atoms with Gasteiger partial charge in [0.15, 0.2) is 0 Å². The summed E-state index contributed by atoms with van der Waals surface area (Å²) >= 11 is 0. The van der Waals surface area contributed by atoms with Crippen LogP contribution in [0.2, 0.25) is 0 Å². The molecular formula is C13H20N2O3S. The molecule has 106 valence electrons. The second-order valence-electron chi connectivity index (χ2n) is 4.87. The van der Waals surface area contributed by atoms with Crippen LogP contribution in [0.15, 0.2) is 23.1 Å². The van der Waals surface area contributed by atoms with Gasteiger partial charge < -0.3 is 10.5 Å². The lowest BCUT2D eigenvalue weighted by molar-refractivity contribution is 0.0236. The van der Waals surface area contributed by atoms with Crippen LogP contribution in [-0.4, -0.2) is 27.7 Å². The molecule has 0 spiro atoms. The number of sulfonamides is 1. The van der Waals surface area contributed by atoms with E-state index in [1.807, 2.05) is 6.92 Å². The molecule has 0 aromatic heterocycles. The first kappa shape index (κ1) is 14.3. The monoisotopic (exact) mass is 284 g/mol. The average Bonchev–Trinajstić information content (AvgIpc) is 2.33. The molecule has 1 saturated carbocycles. The van der Waals surface area contributed by atoms with Crippen LogP contribution in [0.3, 0.4) is 0 Å². The van der Waals surface area contributed by atoms with Gasteiger partial charge in [0, 0.05) is 18.8 Å². The summed E-state index contributed by atoms with van der Waals surface area (Å²) in [6, 6.07) is 4.97. The molecule has 1 fully saturated rings. The number of benzene rings is 1. The summed E-state index contributed by atoms with van der Waals surface area (Å²) < 4.78 is 32.6. The molecule has 1 aromatic carbocycles. The Labute approximate surface area is 114 Å². The number of hydrogen-bond acceptors (Lipinski definition) is 4. The highest BCUT2D eigenvalue weighted by Gasteiger charge is 2.33. The van der Waals surface area contributed by atoms with Crippen molar-refractivity contribution in [2.75, 3.05) is 12.8 Å². The van der Waals surface area contributed by atoms with Gasteiger partial charge in [0.2, 0.25) is 10.0 Å². The maximum atomic E-state index is 12.4. The Morgan fingerprint density at radius 2 is 2.11 bits per heavy atom. The molecule has 1 aliphatic carbocycles. The molecule has 3 N–H and O–H groups in total. The second kappa shape index (κ2) is 5.48. The Hall–Kier alpha value is -1.11. The zero-order valence-corrected chi connectivity index (χ0v) is 12.0. The molecule has 0 bridgehead atoms. The van der Waals surface area contributed by atoms with Crippen LogP contribution in [0.5, 0.6) is 0 Å². The zero-order valence-electron chi connectivity index (χ0n) is 11.2. The molecule has 0 aliphatic heterocycles. The van der Waals surface area contributed by atoms with Gasteiger partial charge in [-0.25, -0.2) is 13.1 Å². The molecule has 0 saturated heterocycles. The van der Waals surface area contributed by atoms with Crippen molar-refractivity contribution >= 4 is 15.7 Å². The lowest BCUT2D eigenvalue weighted by atomic mass is 9.90. The van der Waals surface area contributed by atoms with Crippen LogP contribution in [0.1, 0.15) is 25.3 Å². The van der Waals surface area contributed by atoms with Gasteiger partial charge >= 0.3 is 0 Å². The summed E-state index contributed by atoms with van der Waals surface area (Å²) in [6.07, 6.45) is 2.26. The van der Waals surface area contributed by atoms with E-state index in [1.165, 1.54) is 6.07 Å². The zero-order chi connectivity index (χ0) is 14.0. The van der Waals surface area contributed by atoms with E-state index in [0.29, 0.717) is 12.1 Å². The molecule has 0 amide bonds. The van der Waals surface area contributed by atoms with E-state index in [4.69, 9.17) is 10.5 Å². The van der Waals surface area contributed by atoms with Crippen LogP contribution >= 0.6 is 0 Å². The number of aryl methyl sites for hydroxylation is 1. The predicted molar refractivity (Wildman–Crippen MR) is 74.4 cm³/mol. The van der Waals surface area contributed by atoms with E-state index in [0.717, 1.165) is 18.4 Å². The van der Waals surface area contributed by atoms with Gasteiger partial charge in [-0.3, -0.25) is 0 Å². The first-order valence-electron chi connectivity index (χ1n) is 6.39. The molecule has 2 rings (SSSR count). The van der Waals surface area contributed by atoms with Crippen molar-refractivity contribution in [1.82, 2.24) is 4.72 Å². The smallest absolute Gasteiger partial charge is 0.241 e. The predicted octanol–water partition coefficient (Wildman–Crippen LogP) is 1.29. The van der Waals surface area contributed by atoms with Crippen LogP contribution in [0.4, 0.5) is 5.69 Å². The van der Waals surface area contributed by atoms with E-state index in [1.54, 1.807) is 19.2 Å². The number of methoxy groups -OCH3 is 1. The molecule has 0 unspecified atom stereocenters. The number of anilines is 1. The SMILES string of the molecule is CCc1ccc(N)cc1S(=O)(=O)NC1CC(OC)C1. The number of rotatable bonds is 5. The van der Waals surface area contributed by atoms with Gasteiger partial charge in [-0.15, -0.1) is 0 Å². The first-order chi connectivity index (χ1) is 8.96. The lowest BCUT2D eigenvalue weighted by Crippen LogP contribution is -2.47. The molecule has 1 aliphatic rings. The number of nitrogens with two attached hydrogens (primary N) is 1. The van der Waals surface area contributed by atoms with Crippen LogP contribution < -0.4 is 10.5 Å². The van der Waals surface area contributed by atoms with Crippen molar-refractivity contribution in [2.45, 2.75) is 43.2 Å². The maximum absolute atomic E-state index is 12.4. The molecule has 5 nitrogen and oxygen atoms in total. The standard InChI is InChI=1S/C13H20N2O3S/c1-3-9-4-5-10(14)6-13(9)19(16,17)15-11-7-12(8-11)18-2/h4-6,11-12,15H,3,7-8,14H2,1-2H3. The van der Waals surface area contributed by atoms with Crippen LogP contribution in [-0.2, 0) is 21.2 Å². The van der Waals surface area contributed by atoms with Gasteiger partial charge in [0.05, 0.1) is 11.0 Å². The van der Waals surface area contributed by atoms with Crippen molar-refractivity contribution in [2.24, 2.45) is 0 Å². The third-order valence-electron chi connectivity index (χ3n) is 3.51. The van der Waals surface area contributed by atoms with Gasteiger partial charge in [0.25, 0.3) is 0 Å². The Bertz CT molecular complexity index is 551. The summed E-state index contributed by atoms with van der Waals surface area (Å²) in [4.78, 5) is 0.288. The third-order valence-corrected chi connectivity index (χ3v) is 5.11. The maximum Gasteiger partial charge on any atom is 0.241 e. The molecule has 19 heavy (non-hydrogen) atoms. The average molecular weight is 284 g/mol. The fourth-order valence-electron chi connectivity index (χ4n) is 2.25. The number of nitrogens with one attached hydrogen (secondary N) is 1. The van der Waals surface area contributed by atoms with Gasteiger partial charge in [-0.05, 0) is 37.0 Å². The largest absolute Gasteiger partial charge is 0.399 e. The normalized spacial score (nSPS) is 23.1. The van der Waals surface area contributed by atoms with Crippen LogP contribution in [0.25, 0.3) is 0 Å². The van der Waals surface area contributed by atoms with E-state index in [2.05, 4.69) is 4.72 Å². The van der Waals surface area contributed by atoms with Crippen molar-refractivity contribution in [1.29, 1.82) is 0 Å². The van der Waals surface area contributed by atoms with Crippen molar-refractivity contribution in [3.63, 3.8) is 0 Å². The number of ether oxygens (including phenoxy) is 1. The number of hydrogen-bond donors (Lipinski definition) is 2. The van der Waals surface area contributed by atoms with Gasteiger partial charge in [-0.2, -0.15) is 0 Å². The Kier molecular flexibility index (Phi) is 4.13. The fraction of sp³-hybridized carbons (Fsp3) is 0.538. The summed E-state index contributed by atoms with van der Waals surface area (Å²) in [5.74, 6) is 0. The minimum Gasteiger partial charge on any atom is -0.399 e.